The van der Waals surface area contributed by atoms with E-state index in [0.29, 0.717) is 4.90 Å². The van der Waals surface area contributed by atoms with Gasteiger partial charge in [-0.15, -0.1) is 0 Å². The third kappa shape index (κ3) is 2.63. The summed E-state index contributed by atoms with van der Waals surface area (Å²) in [6, 6.07) is 5.35. The van der Waals surface area contributed by atoms with Gasteiger partial charge in [-0.1, -0.05) is 0 Å². The first-order chi connectivity index (χ1) is 7.36. The maximum atomic E-state index is 11.7. The van der Waals surface area contributed by atoms with Gasteiger partial charge in [-0.05, 0) is 24.3 Å². The van der Waals surface area contributed by atoms with Crippen molar-refractivity contribution in [2.24, 2.45) is 0 Å². The van der Waals surface area contributed by atoms with Crippen LogP contribution in [-0.2, 0) is 10.8 Å². The van der Waals surface area contributed by atoms with E-state index in [1.54, 1.807) is 54.6 Å². The third-order valence-electron chi connectivity index (χ3n) is 1.79. The van der Waals surface area contributed by atoms with Crippen LogP contribution in [0.4, 0.5) is 0 Å². The topological polar surface area (TPSA) is 43.1 Å². The standard InChI is InChI=1S/C11H9NO2S/c13-15(11-2-1-5-12-8-11)7-4-10-3-6-14-9-10/h1-9H/b7-4-. The molecule has 2 heterocycles. The summed E-state index contributed by atoms with van der Waals surface area (Å²) < 4.78 is 16.6. The molecule has 0 aliphatic rings. The minimum Gasteiger partial charge on any atom is -0.472 e. The SMILES string of the molecule is O=S(/C=C\c1ccoc1)c1cccnc1. The van der Waals surface area contributed by atoms with E-state index in [1.807, 2.05) is 0 Å². The first-order valence-electron chi connectivity index (χ1n) is 4.37. The molecule has 0 N–H and O–H groups in total. The minimum absolute atomic E-state index is 0.692. The first kappa shape index (κ1) is 9.86. The van der Waals surface area contributed by atoms with Crippen molar-refractivity contribution in [1.82, 2.24) is 4.98 Å². The number of pyridine rings is 1. The molecule has 1 unspecified atom stereocenters. The van der Waals surface area contributed by atoms with Crippen molar-refractivity contribution in [3.8, 4) is 0 Å². The Balaban J connectivity index is 2.11. The lowest BCUT2D eigenvalue weighted by atomic mass is 10.3. The average molecular weight is 219 g/mol. The Morgan fingerprint density at radius 2 is 2.33 bits per heavy atom. The summed E-state index contributed by atoms with van der Waals surface area (Å²) in [5, 5.41) is 1.61. The van der Waals surface area contributed by atoms with Crippen LogP contribution in [0.25, 0.3) is 6.08 Å². The quantitative estimate of drug-likeness (QED) is 0.796. The minimum atomic E-state index is -1.15. The normalized spacial score (nSPS) is 13.1. The molecule has 2 rings (SSSR count). The van der Waals surface area contributed by atoms with Gasteiger partial charge in [0.25, 0.3) is 0 Å². The van der Waals surface area contributed by atoms with E-state index in [4.69, 9.17) is 4.42 Å². The van der Waals surface area contributed by atoms with E-state index in [1.165, 1.54) is 0 Å². The average Bonchev–Trinajstić information content (AvgIpc) is 2.80. The first-order valence-corrected chi connectivity index (χ1v) is 5.58. The smallest absolute Gasteiger partial charge is 0.0975 e. The van der Waals surface area contributed by atoms with Crippen molar-refractivity contribution in [3.05, 3.63) is 54.1 Å². The molecular weight excluding hydrogens is 210 g/mol. The van der Waals surface area contributed by atoms with Gasteiger partial charge in [0.15, 0.2) is 0 Å². The molecule has 0 fully saturated rings. The molecule has 0 amide bonds. The molecule has 0 saturated carbocycles. The van der Waals surface area contributed by atoms with Crippen LogP contribution in [-0.4, -0.2) is 9.19 Å². The molecule has 15 heavy (non-hydrogen) atoms. The summed E-state index contributed by atoms with van der Waals surface area (Å²) in [5.74, 6) is 0. The molecule has 0 aliphatic carbocycles. The van der Waals surface area contributed by atoms with E-state index in [9.17, 15) is 4.21 Å². The molecule has 2 aromatic rings. The zero-order valence-electron chi connectivity index (χ0n) is 7.87. The number of rotatable bonds is 3. The molecule has 1 atom stereocenters. The van der Waals surface area contributed by atoms with Gasteiger partial charge in [0.1, 0.15) is 0 Å². The zero-order valence-corrected chi connectivity index (χ0v) is 8.68. The van der Waals surface area contributed by atoms with Crippen LogP contribution >= 0.6 is 0 Å². The maximum Gasteiger partial charge on any atom is 0.0975 e. The van der Waals surface area contributed by atoms with Crippen LogP contribution in [0, 0.1) is 0 Å². The van der Waals surface area contributed by atoms with Gasteiger partial charge in [0, 0.05) is 23.4 Å². The molecular formula is C11H9NO2S. The largest absolute Gasteiger partial charge is 0.472 e. The molecule has 3 nitrogen and oxygen atoms in total. The fourth-order valence-electron chi connectivity index (χ4n) is 1.05. The highest BCUT2D eigenvalue weighted by atomic mass is 32.2. The Morgan fingerprint density at radius 3 is 3.00 bits per heavy atom. The van der Waals surface area contributed by atoms with Gasteiger partial charge >= 0.3 is 0 Å². The van der Waals surface area contributed by atoms with E-state index in [2.05, 4.69) is 4.98 Å². The van der Waals surface area contributed by atoms with Crippen LogP contribution in [0.3, 0.4) is 0 Å². The molecule has 0 radical (unpaired) electrons. The van der Waals surface area contributed by atoms with E-state index in [0.717, 1.165) is 5.56 Å². The fraction of sp³-hybridized carbons (Fsp3) is 0. The second-order valence-corrected chi connectivity index (χ2v) is 4.18. The summed E-state index contributed by atoms with van der Waals surface area (Å²) >= 11 is 0. The summed E-state index contributed by atoms with van der Waals surface area (Å²) in [6.45, 7) is 0. The molecule has 0 aliphatic heterocycles. The molecule has 0 spiro atoms. The predicted octanol–water partition coefficient (Wildman–Crippen LogP) is 2.45. The summed E-state index contributed by atoms with van der Waals surface area (Å²) in [4.78, 5) is 4.60. The summed E-state index contributed by atoms with van der Waals surface area (Å²) in [7, 11) is -1.15. The zero-order chi connectivity index (χ0) is 10.5. The van der Waals surface area contributed by atoms with Crippen LogP contribution in [0.2, 0.25) is 0 Å². The maximum absolute atomic E-state index is 11.7. The number of nitrogens with zero attached hydrogens (tertiary/aromatic N) is 1. The molecule has 0 aromatic carbocycles. The lowest BCUT2D eigenvalue weighted by Crippen LogP contribution is -1.86. The van der Waals surface area contributed by atoms with Crippen molar-refractivity contribution in [1.29, 1.82) is 0 Å². The number of hydrogen-bond donors (Lipinski definition) is 0. The Hall–Kier alpha value is -1.68. The Kier molecular flexibility index (Phi) is 3.09. The molecule has 2 aromatic heterocycles. The van der Waals surface area contributed by atoms with Crippen LogP contribution in [0.5, 0.6) is 0 Å². The highest BCUT2D eigenvalue weighted by Gasteiger charge is 1.98. The van der Waals surface area contributed by atoms with Gasteiger partial charge in [0.05, 0.1) is 28.2 Å². The highest BCUT2D eigenvalue weighted by Crippen LogP contribution is 2.08. The number of aromatic nitrogens is 1. The van der Waals surface area contributed by atoms with Crippen molar-refractivity contribution in [2.75, 3.05) is 0 Å². The molecule has 0 bridgehead atoms. The Morgan fingerprint density at radius 1 is 1.40 bits per heavy atom. The number of hydrogen-bond acceptors (Lipinski definition) is 3. The predicted molar refractivity (Wildman–Crippen MR) is 58.4 cm³/mol. The lowest BCUT2D eigenvalue weighted by Gasteiger charge is -1.93. The monoisotopic (exact) mass is 219 g/mol. The van der Waals surface area contributed by atoms with Crippen LogP contribution in [0.15, 0.2) is 57.8 Å². The second kappa shape index (κ2) is 4.70. The van der Waals surface area contributed by atoms with Gasteiger partial charge in [-0.3, -0.25) is 4.98 Å². The second-order valence-electron chi connectivity index (χ2n) is 2.85. The van der Waals surface area contributed by atoms with Crippen molar-refractivity contribution >= 4 is 16.9 Å². The Bertz CT molecular complexity index is 463. The number of furan rings is 1. The van der Waals surface area contributed by atoms with Crippen LogP contribution < -0.4 is 0 Å². The van der Waals surface area contributed by atoms with Gasteiger partial charge in [-0.25, -0.2) is 4.21 Å². The lowest BCUT2D eigenvalue weighted by molar-refractivity contribution is 0.567. The summed E-state index contributed by atoms with van der Waals surface area (Å²) in [5.41, 5.74) is 0.896. The van der Waals surface area contributed by atoms with Gasteiger partial charge < -0.3 is 4.42 Å². The van der Waals surface area contributed by atoms with Crippen molar-refractivity contribution < 1.29 is 8.63 Å². The van der Waals surface area contributed by atoms with Crippen molar-refractivity contribution in [2.45, 2.75) is 4.90 Å². The van der Waals surface area contributed by atoms with Gasteiger partial charge in [0.2, 0.25) is 0 Å². The summed E-state index contributed by atoms with van der Waals surface area (Å²) in [6.07, 6.45) is 8.17. The molecule has 4 heteroatoms. The molecule has 0 saturated heterocycles. The molecule has 76 valence electrons. The fourth-order valence-corrected chi connectivity index (χ4v) is 1.87. The van der Waals surface area contributed by atoms with E-state index < -0.39 is 10.8 Å². The Labute approximate surface area is 89.9 Å². The van der Waals surface area contributed by atoms with E-state index >= 15 is 0 Å². The third-order valence-corrected chi connectivity index (χ3v) is 2.88. The highest BCUT2D eigenvalue weighted by molar-refractivity contribution is 7.88. The van der Waals surface area contributed by atoms with E-state index in [-0.39, 0.29) is 0 Å². The van der Waals surface area contributed by atoms with Gasteiger partial charge in [-0.2, -0.15) is 0 Å². The van der Waals surface area contributed by atoms with Crippen LogP contribution in [0.1, 0.15) is 5.56 Å². The van der Waals surface area contributed by atoms with Crippen molar-refractivity contribution in [3.63, 3.8) is 0 Å².